The van der Waals surface area contributed by atoms with Gasteiger partial charge >= 0.3 is 0 Å². The number of aliphatic hydroxyl groups is 1. The van der Waals surface area contributed by atoms with Crippen molar-refractivity contribution in [3.63, 3.8) is 0 Å². The van der Waals surface area contributed by atoms with E-state index in [1.54, 1.807) is 0 Å². The molecule has 1 aliphatic carbocycles. The van der Waals surface area contributed by atoms with E-state index in [2.05, 4.69) is 4.90 Å². The Balaban J connectivity index is 1.76. The van der Waals surface area contributed by atoms with Gasteiger partial charge in [-0.2, -0.15) is 0 Å². The molecule has 0 unspecified atom stereocenters. The smallest absolute Gasteiger partial charge is 0.0586 e. The van der Waals surface area contributed by atoms with Crippen LogP contribution in [0.5, 0.6) is 0 Å². The molecule has 0 amide bonds. The molecule has 1 saturated carbocycles. The minimum atomic E-state index is 0.341. The molecular weight excluding hydrogens is 214 g/mol. The number of rotatable bonds is 4. The maximum Gasteiger partial charge on any atom is 0.0586 e. The molecule has 0 aromatic heterocycles. The Kier molecular flexibility index (Phi) is 5.26. The van der Waals surface area contributed by atoms with Crippen molar-refractivity contribution in [2.75, 3.05) is 26.8 Å². The normalized spacial score (nSPS) is 36.0. The first-order valence-corrected chi connectivity index (χ1v) is 7.21. The standard InChI is InChI=1S/C14H27NO2/c1-17-14-7-5-12(6-8-14)10-15-9-3-2-4-13(15)11-16/h12-14,16H,2-11H2,1H3/t12-,13-,14+/m0/s1. The Bertz CT molecular complexity index is 214. The maximum absolute atomic E-state index is 9.41. The van der Waals surface area contributed by atoms with E-state index < -0.39 is 0 Å². The molecule has 2 aliphatic rings. The highest BCUT2D eigenvalue weighted by Gasteiger charge is 2.27. The second-order valence-corrected chi connectivity index (χ2v) is 5.71. The third kappa shape index (κ3) is 3.67. The van der Waals surface area contributed by atoms with Crippen LogP contribution in [0.1, 0.15) is 44.9 Å². The summed E-state index contributed by atoms with van der Waals surface area (Å²) in [5.74, 6) is 0.827. The van der Waals surface area contributed by atoms with Crippen molar-refractivity contribution in [2.24, 2.45) is 5.92 Å². The number of nitrogens with zero attached hydrogens (tertiary/aromatic N) is 1. The summed E-state index contributed by atoms with van der Waals surface area (Å²) in [5.41, 5.74) is 0. The van der Waals surface area contributed by atoms with Crippen LogP contribution in [0.25, 0.3) is 0 Å². The van der Waals surface area contributed by atoms with E-state index in [0.29, 0.717) is 18.8 Å². The first-order valence-electron chi connectivity index (χ1n) is 7.21. The lowest BCUT2D eigenvalue weighted by molar-refractivity contribution is 0.0325. The Labute approximate surface area is 105 Å². The van der Waals surface area contributed by atoms with Crippen LogP contribution in [-0.2, 0) is 4.74 Å². The summed E-state index contributed by atoms with van der Waals surface area (Å²) in [6.45, 7) is 2.73. The van der Waals surface area contributed by atoms with Crippen LogP contribution in [0.3, 0.4) is 0 Å². The van der Waals surface area contributed by atoms with Crippen LogP contribution in [0.2, 0.25) is 0 Å². The zero-order valence-corrected chi connectivity index (χ0v) is 11.1. The van der Waals surface area contributed by atoms with E-state index in [1.165, 1.54) is 58.0 Å². The van der Waals surface area contributed by atoms with E-state index in [9.17, 15) is 5.11 Å². The SMILES string of the molecule is CO[C@H]1CC[C@@H](CN2CCCC[C@H]2CO)CC1. The minimum Gasteiger partial charge on any atom is -0.395 e. The van der Waals surface area contributed by atoms with Gasteiger partial charge in [0, 0.05) is 19.7 Å². The van der Waals surface area contributed by atoms with Crippen molar-refractivity contribution in [1.82, 2.24) is 4.90 Å². The zero-order valence-electron chi connectivity index (χ0n) is 11.1. The van der Waals surface area contributed by atoms with Crippen molar-refractivity contribution >= 4 is 0 Å². The van der Waals surface area contributed by atoms with Crippen LogP contribution in [0.15, 0.2) is 0 Å². The molecule has 0 bridgehead atoms. The number of likely N-dealkylation sites (tertiary alicyclic amines) is 1. The summed E-state index contributed by atoms with van der Waals surface area (Å²) < 4.78 is 5.42. The van der Waals surface area contributed by atoms with Gasteiger partial charge in [0.1, 0.15) is 0 Å². The highest BCUT2D eigenvalue weighted by atomic mass is 16.5. The molecule has 3 nitrogen and oxygen atoms in total. The summed E-state index contributed by atoms with van der Waals surface area (Å²) in [5, 5.41) is 9.41. The van der Waals surface area contributed by atoms with Gasteiger partial charge in [-0.15, -0.1) is 0 Å². The first-order chi connectivity index (χ1) is 8.33. The lowest BCUT2D eigenvalue weighted by Gasteiger charge is -2.38. The Morgan fingerprint density at radius 3 is 2.53 bits per heavy atom. The molecular formula is C14H27NO2. The van der Waals surface area contributed by atoms with Crippen molar-refractivity contribution < 1.29 is 9.84 Å². The number of ether oxygens (including phenoxy) is 1. The van der Waals surface area contributed by atoms with Crippen LogP contribution in [0, 0.1) is 5.92 Å². The molecule has 0 aromatic carbocycles. The molecule has 1 atom stereocenters. The molecule has 17 heavy (non-hydrogen) atoms. The minimum absolute atomic E-state index is 0.341. The van der Waals surface area contributed by atoms with Gasteiger partial charge in [0.2, 0.25) is 0 Å². The topological polar surface area (TPSA) is 32.7 Å². The fourth-order valence-electron chi connectivity index (χ4n) is 3.39. The highest BCUT2D eigenvalue weighted by Crippen LogP contribution is 2.28. The van der Waals surface area contributed by atoms with Crippen LogP contribution >= 0.6 is 0 Å². The molecule has 2 rings (SSSR count). The zero-order chi connectivity index (χ0) is 12.1. The van der Waals surface area contributed by atoms with Gasteiger partial charge in [0.05, 0.1) is 12.7 Å². The molecule has 2 fully saturated rings. The van der Waals surface area contributed by atoms with E-state index in [-0.39, 0.29) is 0 Å². The fourth-order valence-corrected chi connectivity index (χ4v) is 3.39. The van der Waals surface area contributed by atoms with Gasteiger partial charge in [-0.1, -0.05) is 6.42 Å². The van der Waals surface area contributed by atoms with E-state index in [1.807, 2.05) is 7.11 Å². The van der Waals surface area contributed by atoms with Crippen molar-refractivity contribution in [3.05, 3.63) is 0 Å². The van der Waals surface area contributed by atoms with E-state index >= 15 is 0 Å². The number of hydrogen-bond acceptors (Lipinski definition) is 3. The van der Waals surface area contributed by atoms with Gasteiger partial charge < -0.3 is 9.84 Å². The molecule has 3 heteroatoms. The lowest BCUT2D eigenvalue weighted by atomic mass is 9.86. The molecule has 0 spiro atoms. The molecule has 0 radical (unpaired) electrons. The van der Waals surface area contributed by atoms with E-state index in [0.717, 1.165) is 5.92 Å². The Morgan fingerprint density at radius 1 is 1.12 bits per heavy atom. The van der Waals surface area contributed by atoms with Gasteiger partial charge in [-0.3, -0.25) is 4.90 Å². The van der Waals surface area contributed by atoms with E-state index in [4.69, 9.17) is 4.74 Å². The molecule has 100 valence electrons. The average Bonchev–Trinajstić information content (AvgIpc) is 2.40. The fraction of sp³-hybridized carbons (Fsp3) is 1.00. The Hall–Kier alpha value is -0.120. The summed E-state index contributed by atoms with van der Waals surface area (Å²) >= 11 is 0. The third-order valence-electron chi connectivity index (χ3n) is 4.58. The lowest BCUT2D eigenvalue weighted by Crippen LogP contribution is -2.44. The summed E-state index contributed by atoms with van der Waals surface area (Å²) in [4.78, 5) is 2.53. The maximum atomic E-state index is 9.41. The van der Waals surface area contributed by atoms with Crippen molar-refractivity contribution in [1.29, 1.82) is 0 Å². The monoisotopic (exact) mass is 241 g/mol. The van der Waals surface area contributed by atoms with Crippen LogP contribution < -0.4 is 0 Å². The molecule has 0 aromatic rings. The van der Waals surface area contributed by atoms with Crippen molar-refractivity contribution in [3.8, 4) is 0 Å². The first kappa shape index (κ1) is 13.3. The third-order valence-corrected chi connectivity index (χ3v) is 4.58. The van der Waals surface area contributed by atoms with Crippen LogP contribution in [-0.4, -0.2) is 49.0 Å². The summed E-state index contributed by atoms with van der Waals surface area (Å²) in [6, 6.07) is 0.434. The summed E-state index contributed by atoms with van der Waals surface area (Å²) in [6.07, 6.45) is 9.32. The predicted molar refractivity (Wildman–Crippen MR) is 69.1 cm³/mol. The number of piperidine rings is 1. The Morgan fingerprint density at radius 2 is 1.88 bits per heavy atom. The van der Waals surface area contributed by atoms with Crippen molar-refractivity contribution in [2.45, 2.75) is 57.1 Å². The predicted octanol–water partition coefficient (Wildman–Crippen LogP) is 2.04. The molecule has 1 heterocycles. The number of methoxy groups -OCH3 is 1. The van der Waals surface area contributed by atoms with Gasteiger partial charge in [0.25, 0.3) is 0 Å². The molecule has 1 saturated heterocycles. The molecule has 1 N–H and O–H groups in total. The molecule has 1 aliphatic heterocycles. The number of aliphatic hydroxyl groups excluding tert-OH is 1. The summed E-state index contributed by atoms with van der Waals surface area (Å²) in [7, 11) is 1.83. The van der Waals surface area contributed by atoms with Crippen LogP contribution in [0.4, 0.5) is 0 Å². The quantitative estimate of drug-likeness (QED) is 0.817. The van der Waals surface area contributed by atoms with Gasteiger partial charge in [0.15, 0.2) is 0 Å². The van der Waals surface area contributed by atoms with Gasteiger partial charge in [-0.25, -0.2) is 0 Å². The largest absolute Gasteiger partial charge is 0.395 e. The second kappa shape index (κ2) is 6.72. The number of hydrogen-bond donors (Lipinski definition) is 1. The highest BCUT2D eigenvalue weighted by molar-refractivity contribution is 4.81. The second-order valence-electron chi connectivity index (χ2n) is 5.71. The average molecular weight is 241 g/mol. The van der Waals surface area contributed by atoms with Gasteiger partial charge in [-0.05, 0) is 51.0 Å².